The van der Waals surface area contributed by atoms with Crippen molar-refractivity contribution >= 4 is 28.4 Å². The monoisotopic (exact) mass is 285 g/mol. The van der Waals surface area contributed by atoms with Crippen molar-refractivity contribution in [1.29, 1.82) is 0 Å². The zero-order valence-corrected chi connectivity index (χ0v) is 11.5. The van der Waals surface area contributed by atoms with Crippen LogP contribution in [0.25, 0.3) is 0 Å². The van der Waals surface area contributed by atoms with E-state index in [1.54, 1.807) is 24.3 Å². The zero-order valence-electron chi connectivity index (χ0n) is 9.80. The number of sulfone groups is 1. The van der Waals surface area contributed by atoms with Crippen molar-refractivity contribution in [3.8, 4) is 0 Å². The summed E-state index contributed by atoms with van der Waals surface area (Å²) in [7, 11) is -3.01. The first kappa shape index (κ1) is 13.4. The van der Waals surface area contributed by atoms with Crippen molar-refractivity contribution < 1.29 is 13.2 Å². The summed E-state index contributed by atoms with van der Waals surface area (Å²) in [6, 6.07) is 6.94. The number of hydrogen-bond acceptors (Lipinski definition) is 4. The van der Waals surface area contributed by atoms with Crippen LogP contribution in [0.2, 0.25) is 0 Å². The van der Waals surface area contributed by atoms with Crippen LogP contribution < -0.4 is 5.32 Å². The van der Waals surface area contributed by atoms with E-state index in [1.807, 2.05) is 0 Å². The second-order valence-corrected chi connectivity index (χ2v) is 7.24. The Morgan fingerprint density at radius 2 is 2.11 bits per heavy atom. The molecule has 4 nitrogen and oxygen atoms in total. The Labute approximate surface area is 112 Å². The Balaban J connectivity index is 1.99. The van der Waals surface area contributed by atoms with Crippen molar-refractivity contribution in [3.63, 3.8) is 0 Å². The van der Waals surface area contributed by atoms with Gasteiger partial charge in [0.05, 0.1) is 16.6 Å². The molecule has 1 saturated heterocycles. The lowest BCUT2D eigenvalue weighted by molar-refractivity contribution is 0.0950. The van der Waals surface area contributed by atoms with Gasteiger partial charge in [0.15, 0.2) is 9.84 Å². The third kappa shape index (κ3) is 2.87. The molecule has 0 bridgehead atoms. The largest absolute Gasteiger partial charge is 0.351 e. The lowest BCUT2D eigenvalue weighted by atomic mass is 10.2. The molecular weight excluding hydrogens is 270 g/mol. The molecule has 1 N–H and O–H groups in total. The third-order valence-corrected chi connectivity index (χ3v) is 5.77. The Hall–Kier alpha value is -1.01. The molecule has 1 unspecified atom stereocenters. The van der Waals surface area contributed by atoms with Gasteiger partial charge in [-0.25, -0.2) is 8.42 Å². The summed E-state index contributed by atoms with van der Waals surface area (Å²) in [5.41, 5.74) is 0.469. The van der Waals surface area contributed by atoms with Gasteiger partial charge in [0.2, 0.25) is 0 Å². The van der Waals surface area contributed by atoms with Gasteiger partial charge in [-0.1, -0.05) is 12.1 Å². The van der Waals surface area contributed by atoms with Crippen LogP contribution in [0.5, 0.6) is 0 Å². The minimum Gasteiger partial charge on any atom is -0.351 e. The number of rotatable bonds is 3. The average Bonchev–Trinajstić information content (AvgIpc) is 2.66. The molecule has 0 saturated carbocycles. The minimum atomic E-state index is -3.01. The summed E-state index contributed by atoms with van der Waals surface area (Å²) in [5.74, 6) is -0.0424. The van der Waals surface area contributed by atoms with Crippen LogP contribution in [-0.4, -0.2) is 31.9 Å². The van der Waals surface area contributed by atoms with Gasteiger partial charge in [-0.3, -0.25) is 4.79 Å². The Bertz CT molecular complexity index is 554. The Morgan fingerprint density at radius 3 is 2.72 bits per heavy atom. The third-order valence-electron chi connectivity index (χ3n) is 3.10. The van der Waals surface area contributed by atoms with Crippen molar-refractivity contribution in [2.45, 2.75) is 23.0 Å². The summed E-state index contributed by atoms with van der Waals surface area (Å²) < 4.78 is 23.2. The van der Waals surface area contributed by atoms with E-state index in [2.05, 4.69) is 17.9 Å². The first-order chi connectivity index (χ1) is 8.50. The molecule has 1 amide bonds. The van der Waals surface area contributed by atoms with Crippen LogP contribution in [0.4, 0.5) is 0 Å². The zero-order chi connectivity index (χ0) is 13.2. The van der Waals surface area contributed by atoms with Gasteiger partial charge in [-0.15, -0.1) is 12.6 Å². The minimum absolute atomic E-state index is 0.184. The van der Waals surface area contributed by atoms with E-state index in [9.17, 15) is 13.2 Å². The van der Waals surface area contributed by atoms with Gasteiger partial charge in [-0.05, 0) is 25.0 Å². The predicted molar refractivity (Wildman–Crippen MR) is 72.8 cm³/mol. The quantitative estimate of drug-likeness (QED) is 0.822. The van der Waals surface area contributed by atoms with Gasteiger partial charge < -0.3 is 5.32 Å². The predicted octanol–water partition coefficient (Wildman–Crippen LogP) is 1.28. The molecule has 1 aromatic rings. The van der Waals surface area contributed by atoms with Gasteiger partial charge in [0, 0.05) is 11.4 Å². The molecule has 1 heterocycles. The summed E-state index contributed by atoms with van der Waals surface area (Å²) in [5, 5.41) is 2.23. The number of benzene rings is 1. The average molecular weight is 285 g/mol. The fourth-order valence-corrected chi connectivity index (χ4v) is 4.08. The van der Waals surface area contributed by atoms with Crippen molar-refractivity contribution in [3.05, 3.63) is 29.8 Å². The molecule has 0 spiro atoms. The maximum Gasteiger partial charge on any atom is 0.252 e. The number of thiol groups is 1. The highest BCUT2D eigenvalue weighted by atomic mass is 32.2. The van der Waals surface area contributed by atoms with Crippen molar-refractivity contribution in [2.24, 2.45) is 0 Å². The molecule has 1 aromatic carbocycles. The SMILES string of the molecule is O=C(NCC1CCCS1(=O)=O)c1ccccc1S. The molecular formula is C12H15NO3S2. The first-order valence-corrected chi connectivity index (χ1v) is 7.95. The van der Waals surface area contributed by atoms with Gasteiger partial charge in [-0.2, -0.15) is 0 Å². The van der Waals surface area contributed by atoms with Crippen LogP contribution in [0, 0.1) is 0 Å². The molecule has 0 aliphatic carbocycles. The summed E-state index contributed by atoms with van der Waals surface area (Å²) >= 11 is 4.19. The summed E-state index contributed by atoms with van der Waals surface area (Å²) in [6.45, 7) is 0.184. The molecule has 18 heavy (non-hydrogen) atoms. The maximum absolute atomic E-state index is 11.9. The van der Waals surface area contributed by atoms with Gasteiger partial charge >= 0.3 is 0 Å². The van der Waals surface area contributed by atoms with E-state index in [0.29, 0.717) is 23.3 Å². The van der Waals surface area contributed by atoms with E-state index < -0.39 is 15.1 Å². The molecule has 0 radical (unpaired) electrons. The van der Waals surface area contributed by atoms with Crippen LogP contribution in [-0.2, 0) is 9.84 Å². The highest BCUT2D eigenvalue weighted by molar-refractivity contribution is 7.92. The van der Waals surface area contributed by atoms with Crippen LogP contribution in [0.1, 0.15) is 23.2 Å². The fraction of sp³-hybridized carbons (Fsp3) is 0.417. The maximum atomic E-state index is 11.9. The number of carbonyl (C=O) groups excluding carboxylic acids is 1. The second-order valence-electron chi connectivity index (χ2n) is 4.36. The lowest BCUT2D eigenvalue weighted by Crippen LogP contribution is -2.34. The van der Waals surface area contributed by atoms with Crippen molar-refractivity contribution in [2.75, 3.05) is 12.3 Å². The van der Waals surface area contributed by atoms with Gasteiger partial charge in [0.1, 0.15) is 0 Å². The number of nitrogens with one attached hydrogen (secondary N) is 1. The first-order valence-electron chi connectivity index (χ1n) is 5.78. The van der Waals surface area contributed by atoms with Gasteiger partial charge in [0.25, 0.3) is 5.91 Å². The molecule has 1 atom stereocenters. The molecule has 6 heteroatoms. The van der Waals surface area contributed by atoms with E-state index >= 15 is 0 Å². The normalized spacial score (nSPS) is 21.7. The lowest BCUT2D eigenvalue weighted by Gasteiger charge is -2.11. The molecule has 1 aliphatic heterocycles. The molecule has 2 rings (SSSR count). The molecule has 1 aliphatic rings. The summed E-state index contributed by atoms with van der Waals surface area (Å²) in [6.07, 6.45) is 1.32. The van der Waals surface area contributed by atoms with Crippen LogP contribution >= 0.6 is 12.6 Å². The Morgan fingerprint density at radius 1 is 1.39 bits per heavy atom. The standard InChI is InChI=1S/C12H15NO3S2/c14-12(10-5-1-2-6-11(10)17)13-8-9-4-3-7-18(9,15)16/h1-2,5-6,9,17H,3-4,7-8H2,(H,13,14). The second kappa shape index (κ2) is 5.32. The van der Waals surface area contributed by atoms with E-state index in [-0.39, 0.29) is 18.2 Å². The van der Waals surface area contributed by atoms with E-state index in [1.165, 1.54) is 0 Å². The smallest absolute Gasteiger partial charge is 0.252 e. The Kier molecular flexibility index (Phi) is 3.97. The molecule has 98 valence electrons. The van der Waals surface area contributed by atoms with Crippen molar-refractivity contribution in [1.82, 2.24) is 5.32 Å². The molecule has 1 fully saturated rings. The van der Waals surface area contributed by atoms with Crippen LogP contribution in [0.3, 0.4) is 0 Å². The van der Waals surface area contributed by atoms with E-state index in [0.717, 1.165) is 0 Å². The number of carbonyl (C=O) groups is 1. The fourth-order valence-electron chi connectivity index (χ4n) is 2.05. The summed E-state index contributed by atoms with van der Waals surface area (Å²) in [4.78, 5) is 12.5. The number of amides is 1. The highest BCUT2D eigenvalue weighted by Crippen LogP contribution is 2.19. The highest BCUT2D eigenvalue weighted by Gasteiger charge is 2.31. The van der Waals surface area contributed by atoms with Crippen LogP contribution in [0.15, 0.2) is 29.2 Å². The number of hydrogen-bond donors (Lipinski definition) is 2. The molecule has 0 aromatic heterocycles. The van der Waals surface area contributed by atoms with E-state index in [4.69, 9.17) is 0 Å². The topological polar surface area (TPSA) is 63.2 Å².